The van der Waals surface area contributed by atoms with E-state index in [9.17, 15) is 9.18 Å². The molecule has 1 aromatic heterocycles. The van der Waals surface area contributed by atoms with E-state index in [0.29, 0.717) is 6.54 Å². The fourth-order valence-corrected chi connectivity index (χ4v) is 1.65. The van der Waals surface area contributed by atoms with Gasteiger partial charge in [0.15, 0.2) is 0 Å². The van der Waals surface area contributed by atoms with Crippen LogP contribution in [0.25, 0.3) is 0 Å². The monoisotopic (exact) mass is 260 g/mol. The predicted molar refractivity (Wildman–Crippen MR) is 67.7 cm³/mol. The maximum absolute atomic E-state index is 12.9. The van der Waals surface area contributed by atoms with Gasteiger partial charge in [-0.3, -0.25) is 4.79 Å². The molecule has 0 aliphatic heterocycles. The summed E-state index contributed by atoms with van der Waals surface area (Å²) in [5.74, 6) is -1.12. The van der Waals surface area contributed by atoms with Crippen molar-refractivity contribution in [3.8, 4) is 0 Å². The molecule has 1 amide bonds. The molecule has 2 N–H and O–H groups in total. The topological polar surface area (TPSA) is 62.2 Å². The smallest absolute Gasteiger partial charge is 0.270 e. The summed E-state index contributed by atoms with van der Waals surface area (Å²) in [6.07, 6.45) is 0. The van der Waals surface area contributed by atoms with Gasteiger partial charge >= 0.3 is 0 Å². The molecule has 1 heterocycles. The molecule has 0 atom stereocenters. The third-order valence-electron chi connectivity index (χ3n) is 2.57. The van der Waals surface area contributed by atoms with Crippen molar-refractivity contribution in [2.24, 2.45) is 0 Å². The quantitative estimate of drug-likeness (QED) is 0.821. The van der Waals surface area contributed by atoms with Crippen molar-refractivity contribution in [2.75, 3.05) is 0 Å². The second-order valence-electron chi connectivity index (χ2n) is 4.01. The molecule has 0 spiro atoms. The number of hydrogen-bond acceptors (Lipinski definition) is 3. The van der Waals surface area contributed by atoms with Crippen molar-refractivity contribution in [3.63, 3.8) is 0 Å². The standard InChI is InChI=1S/C14H13FN2O2/c15-13-6-2-5-12(17-13)14(19)16-8-10-3-1-4-11(7-10)9-18/h1-7,18H,8-9H2,(H,16,19). The van der Waals surface area contributed by atoms with Crippen molar-refractivity contribution in [1.29, 1.82) is 0 Å². The zero-order chi connectivity index (χ0) is 13.7. The lowest BCUT2D eigenvalue weighted by atomic mass is 10.1. The number of amides is 1. The lowest BCUT2D eigenvalue weighted by Gasteiger charge is -2.06. The number of pyridine rings is 1. The van der Waals surface area contributed by atoms with Crippen molar-refractivity contribution >= 4 is 5.91 Å². The molecular weight excluding hydrogens is 247 g/mol. The fraction of sp³-hybridized carbons (Fsp3) is 0.143. The average Bonchev–Trinajstić information content (AvgIpc) is 2.45. The molecule has 0 bridgehead atoms. The first-order valence-electron chi connectivity index (χ1n) is 5.78. The fourth-order valence-electron chi connectivity index (χ4n) is 1.65. The number of aromatic nitrogens is 1. The number of nitrogens with zero attached hydrogens (tertiary/aromatic N) is 1. The van der Waals surface area contributed by atoms with E-state index >= 15 is 0 Å². The van der Waals surface area contributed by atoms with Crippen LogP contribution in [-0.4, -0.2) is 16.0 Å². The number of hydrogen-bond donors (Lipinski definition) is 2. The molecule has 0 aliphatic rings. The van der Waals surface area contributed by atoms with E-state index in [1.165, 1.54) is 18.2 Å². The first-order valence-corrected chi connectivity index (χ1v) is 5.78. The van der Waals surface area contributed by atoms with Gasteiger partial charge in [0.1, 0.15) is 5.69 Å². The molecule has 5 heteroatoms. The maximum Gasteiger partial charge on any atom is 0.270 e. The molecule has 0 radical (unpaired) electrons. The minimum atomic E-state index is -0.685. The third kappa shape index (κ3) is 3.59. The van der Waals surface area contributed by atoms with Crippen LogP contribution in [0.5, 0.6) is 0 Å². The Morgan fingerprint density at radius 3 is 2.68 bits per heavy atom. The number of aliphatic hydroxyl groups excluding tert-OH is 1. The highest BCUT2D eigenvalue weighted by Crippen LogP contribution is 2.05. The molecule has 0 fully saturated rings. The molecule has 19 heavy (non-hydrogen) atoms. The Labute approximate surface area is 109 Å². The first kappa shape index (κ1) is 13.2. The van der Waals surface area contributed by atoms with Gasteiger partial charge in [-0.2, -0.15) is 4.39 Å². The Hall–Kier alpha value is -2.27. The van der Waals surface area contributed by atoms with E-state index in [0.717, 1.165) is 11.1 Å². The third-order valence-corrected chi connectivity index (χ3v) is 2.57. The highest BCUT2D eigenvalue weighted by molar-refractivity contribution is 5.92. The van der Waals surface area contributed by atoms with Gasteiger partial charge in [0.25, 0.3) is 5.91 Å². The minimum absolute atomic E-state index is 0.0401. The molecule has 1 aromatic carbocycles. The van der Waals surface area contributed by atoms with Gasteiger partial charge in [0, 0.05) is 6.54 Å². The molecule has 2 rings (SSSR count). The summed E-state index contributed by atoms with van der Waals surface area (Å²) in [7, 11) is 0. The van der Waals surface area contributed by atoms with Gasteiger partial charge in [-0.25, -0.2) is 4.98 Å². The van der Waals surface area contributed by atoms with Crippen LogP contribution in [0.15, 0.2) is 42.5 Å². The molecule has 0 saturated heterocycles. The summed E-state index contributed by atoms with van der Waals surface area (Å²) in [5.41, 5.74) is 1.67. The van der Waals surface area contributed by atoms with Gasteiger partial charge in [-0.1, -0.05) is 30.3 Å². The zero-order valence-electron chi connectivity index (χ0n) is 10.1. The summed E-state index contributed by atoms with van der Waals surface area (Å²) in [6.45, 7) is 0.248. The van der Waals surface area contributed by atoms with Crippen LogP contribution in [0.3, 0.4) is 0 Å². The van der Waals surface area contributed by atoms with E-state index in [4.69, 9.17) is 5.11 Å². The van der Waals surface area contributed by atoms with Crippen LogP contribution < -0.4 is 5.32 Å². The summed E-state index contributed by atoms with van der Waals surface area (Å²) in [4.78, 5) is 15.2. The SMILES string of the molecule is O=C(NCc1cccc(CO)c1)c1cccc(F)n1. The van der Waals surface area contributed by atoms with E-state index < -0.39 is 11.9 Å². The molecule has 4 nitrogen and oxygen atoms in total. The van der Waals surface area contributed by atoms with Crippen LogP contribution in [-0.2, 0) is 13.2 Å². The molecule has 0 saturated carbocycles. The van der Waals surface area contributed by atoms with Crippen molar-refractivity contribution in [3.05, 3.63) is 65.2 Å². The van der Waals surface area contributed by atoms with Crippen molar-refractivity contribution < 1.29 is 14.3 Å². The minimum Gasteiger partial charge on any atom is -0.392 e. The van der Waals surface area contributed by atoms with E-state index in [-0.39, 0.29) is 12.3 Å². The average molecular weight is 260 g/mol. The molecule has 0 unspecified atom stereocenters. The highest BCUT2D eigenvalue weighted by atomic mass is 19.1. The summed E-state index contributed by atoms with van der Waals surface area (Å²) >= 11 is 0. The van der Waals surface area contributed by atoms with E-state index in [1.54, 1.807) is 18.2 Å². The second-order valence-corrected chi connectivity index (χ2v) is 4.01. The summed E-state index contributed by atoms with van der Waals surface area (Å²) in [5, 5.41) is 11.7. The molecular formula is C14H13FN2O2. The van der Waals surface area contributed by atoms with Crippen LogP contribution >= 0.6 is 0 Å². The van der Waals surface area contributed by atoms with Gasteiger partial charge in [0.05, 0.1) is 6.61 Å². The van der Waals surface area contributed by atoms with Crippen LogP contribution in [0.4, 0.5) is 4.39 Å². The number of rotatable bonds is 4. The van der Waals surface area contributed by atoms with Gasteiger partial charge in [-0.05, 0) is 23.3 Å². The predicted octanol–water partition coefficient (Wildman–Crippen LogP) is 1.64. The Balaban J connectivity index is 2.00. The Morgan fingerprint density at radius 2 is 1.95 bits per heavy atom. The van der Waals surface area contributed by atoms with Crippen molar-refractivity contribution in [1.82, 2.24) is 10.3 Å². The first-order chi connectivity index (χ1) is 9.19. The van der Waals surface area contributed by atoms with Gasteiger partial charge in [0.2, 0.25) is 5.95 Å². The Morgan fingerprint density at radius 1 is 1.21 bits per heavy atom. The second kappa shape index (κ2) is 6.06. The van der Waals surface area contributed by atoms with Crippen LogP contribution in [0.1, 0.15) is 21.6 Å². The van der Waals surface area contributed by atoms with Crippen molar-refractivity contribution in [2.45, 2.75) is 13.2 Å². The number of carbonyl (C=O) groups is 1. The number of benzene rings is 1. The Bertz CT molecular complexity index is 587. The van der Waals surface area contributed by atoms with E-state index in [2.05, 4.69) is 10.3 Å². The normalized spacial score (nSPS) is 10.2. The number of aliphatic hydroxyl groups is 1. The lowest BCUT2D eigenvalue weighted by molar-refractivity contribution is 0.0944. The lowest BCUT2D eigenvalue weighted by Crippen LogP contribution is -2.24. The van der Waals surface area contributed by atoms with Gasteiger partial charge < -0.3 is 10.4 Å². The Kier molecular flexibility index (Phi) is 4.20. The highest BCUT2D eigenvalue weighted by Gasteiger charge is 2.07. The van der Waals surface area contributed by atoms with Crippen LogP contribution in [0.2, 0.25) is 0 Å². The zero-order valence-corrected chi connectivity index (χ0v) is 10.1. The largest absolute Gasteiger partial charge is 0.392 e. The summed E-state index contributed by atoms with van der Waals surface area (Å²) in [6, 6.07) is 11.3. The van der Waals surface area contributed by atoms with Gasteiger partial charge in [-0.15, -0.1) is 0 Å². The molecule has 0 aliphatic carbocycles. The number of halogens is 1. The maximum atomic E-state index is 12.9. The number of carbonyl (C=O) groups excluding carboxylic acids is 1. The summed E-state index contributed by atoms with van der Waals surface area (Å²) < 4.78 is 12.9. The van der Waals surface area contributed by atoms with E-state index in [1.807, 2.05) is 6.07 Å². The molecule has 98 valence electrons. The molecule has 2 aromatic rings. The van der Waals surface area contributed by atoms with Crippen LogP contribution in [0, 0.1) is 5.95 Å². The number of nitrogens with one attached hydrogen (secondary N) is 1.